The lowest BCUT2D eigenvalue weighted by Crippen LogP contribution is -2.23. The molecule has 4 nitrogen and oxygen atoms in total. The molecule has 0 spiro atoms. The van der Waals surface area contributed by atoms with Gasteiger partial charge in [-0.25, -0.2) is 0 Å². The van der Waals surface area contributed by atoms with E-state index in [9.17, 15) is 9.59 Å². The predicted octanol–water partition coefficient (Wildman–Crippen LogP) is 3.51. The van der Waals surface area contributed by atoms with Crippen LogP contribution < -0.4 is 5.32 Å². The third-order valence-electron chi connectivity index (χ3n) is 2.62. The van der Waals surface area contributed by atoms with Crippen LogP contribution in [-0.4, -0.2) is 28.0 Å². The lowest BCUT2D eigenvalue weighted by atomic mass is 10.1. The second-order valence-electron chi connectivity index (χ2n) is 4.65. The van der Waals surface area contributed by atoms with Gasteiger partial charge in [-0.15, -0.1) is 11.8 Å². The molecule has 20 heavy (non-hydrogen) atoms. The zero-order valence-electron chi connectivity index (χ0n) is 11.4. The van der Waals surface area contributed by atoms with Gasteiger partial charge in [0.15, 0.2) is 0 Å². The summed E-state index contributed by atoms with van der Waals surface area (Å²) in [6.45, 7) is 3.71. The number of carboxylic acids is 1. The van der Waals surface area contributed by atoms with Gasteiger partial charge < -0.3 is 10.4 Å². The second kappa shape index (κ2) is 8.17. The average molecular weight is 316 g/mol. The molecular formula is C14H18ClNO3S. The number of benzene rings is 1. The van der Waals surface area contributed by atoms with Crippen LogP contribution in [0.1, 0.15) is 20.3 Å². The van der Waals surface area contributed by atoms with Gasteiger partial charge in [-0.05, 0) is 18.1 Å². The zero-order valence-corrected chi connectivity index (χ0v) is 13.0. The van der Waals surface area contributed by atoms with E-state index in [2.05, 4.69) is 5.32 Å². The monoisotopic (exact) mass is 315 g/mol. The zero-order chi connectivity index (χ0) is 15.1. The number of hydrogen-bond acceptors (Lipinski definition) is 3. The quantitative estimate of drug-likeness (QED) is 0.808. The first-order valence-electron chi connectivity index (χ1n) is 6.30. The van der Waals surface area contributed by atoms with E-state index in [4.69, 9.17) is 16.7 Å². The highest BCUT2D eigenvalue weighted by atomic mass is 35.5. The van der Waals surface area contributed by atoms with Crippen molar-refractivity contribution in [1.29, 1.82) is 0 Å². The van der Waals surface area contributed by atoms with E-state index in [1.54, 1.807) is 24.3 Å². The van der Waals surface area contributed by atoms with Gasteiger partial charge in [0.1, 0.15) is 5.25 Å². The molecule has 0 saturated heterocycles. The summed E-state index contributed by atoms with van der Waals surface area (Å²) in [5.74, 6) is -0.509. The topological polar surface area (TPSA) is 66.4 Å². The molecule has 1 aromatic carbocycles. The lowest BCUT2D eigenvalue weighted by Gasteiger charge is -2.15. The molecule has 1 amide bonds. The van der Waals surface area contributed by atoms with Crippen LogP contribution in [0, 0.1) is 5.92 Å². The number of rotatable bonds is 7. The van der Waals surface area contributed by atoms with Crippen molar-refractivity contribution in [2.24, 2.45) is 5.92 Å². The third kappa shape index (κ3) is 5.43. The minimum Gasteiger partial charge on any atom is -0.480 e. The van der Waals surface area contributed by atoms with E-state index in [0.717, 1.165) is 0 Å². The van der Waals surface area contributed by atoms with Crippen molar-refractivity contribution in [2.75, 3.05) is 11.1 Å². The molecule has 0 heterocycles. The Labute approximate surface area is 127 Å². The molecule has 0 aromatic heterocycles. The molecule has 1 rings (SSSR count). The fourth-order valence-electron chi connectivity index (χ4n) is 1.60. The SMILES string of the molecule is CC(C)C(SCCC(=O)Nc1ccccc1Cl)C(=O)O. The highest BCUT2D eigenvalue weighted by Gasteiger charge is 2.21. The van der Waals surface area contributed by atoms with Crippen LogP contribution in [-0.2, 0) is 9.59 Å². The first-order chi connectivity index (χ1) is 9.41. The first-order valence-corrected chi connectivity index (χ1v) is 7.73. The molecule has 0 radical (unpaired) electrons. The fourth-order valence-corrected chi connectivity index (χ4v) is 2.87. The molecule has 0 aliphatic heterocycles. The van der Waals surface area contributed by atoms with Crippen molar-refractivity contribution in [2.45, 2.75) is 25.5 Å². The van der Waals surface area contributed by atoms with Crippen LogP contribution in [0.5, 0.6) is 0 Å². The van der Waals surface area contributed by atoms with Crippen molar-refractivity contribution in [1.82, 2.24) is 0 Å². The summed E-state index contributed by atoms with van der Waals surface area (Å²) in [5.41, 5.74) is 0.572. The molecule has 0 aliphatic carbocycles. The van der Waals surface area contributed by atoms with Gasteiger partial charge in [0.25, 0.3) is 0 Å². The van der Waals surface area contributed by atoms with E-state index in [1.807, 2.05) is 13.8 Å². The van der Waals surface area contributed by atoms with E-state index in [1.165, 1.54) is 11.8 Å². The van der Waals surface area contributed by atoms with Crippen LogP contribution in [0.15, 0.2) is 24.3 Å². The largest absolute Gasteiger partial charge is 0.480 e. The molecule has 2 N–H and O–H groups in total. The third-order valence-corrected chi connectivity index (χ3v) is 4.50. The van der Waals surface area contributed by atoms with Crippen molar-refractivity contribution in [3.05, 3.63) is 29.3 Å². The molecule has 1 atom stereocenters. The molecule has 0 fully saturated rings. The molecule has 0 aliphatic rings. The summed E-state index contributed by atoms with van der Waals surface area (Å²) in [5, 5.41) is 11.8. The summed E-state index contributed by atoms with van der Waals surface area (Å²) >= 11 is 7.23. The smallest absolute Gasteiger partial charge is 0.316 e. The van der Waals surface area contributed by atoms with Gasteiger partial charge in [0.2, 0.25) is 5.91 Å². The number of anilines is 1. The van der Waals surface area contributed by atoms with E-state index in [0.29, 0.717) is 16.5 Å². The maximum atomic E-state index is 11.8. The van der Waals surface area contributed by atoms with Crippen molar-refractivity contribution >= 4 is 40.9 Å². The number of carbonyl (C=O) groups excluding carboxylic acids is 1. The summed E-state index contributed by atoms with van der Waals surface area (Å²) in [6, 6.07) is 7.00. The van der Waals surface area contributed by atoms with Gasteiger partial charge in [-0.2, -0.15) is 0 Å². The number of amides is 1. The number of halogens is 1. The summed E-state index contributed by atoms with van der Waals surface area (Å²) in [6.07, 6.45) is 0.256. The highest BCUT2D eigenvalue weighted by Crippen LogP contribution is 2.22. The van der Waals surface area contributed by atoms with E-state index < -0.39 is 11.2 Å². The summed E-state index contributed by atoms with van der Waals surface area (Å²) in [7, 11) is 0. The predicted molar refractivity (Wildman–Crippen MR) is 83.4 cm³/mol. The number of aliphatic carboxylic acids is 1. The van der Waals surface area contributed by atoms with Crippen molar-refractivity contribution in [3.8, 4) is 0 Å². The number of nitrogens with one attached hydrogen (secondary N) is 1. The van der Waals surface area contributed by atoms with E-state index in [-0.39, 0.29) is 18.2 Å². The number of carbonyl (C=O) groups is 2. The van der Waals surface area contributed by atoms with Gasteiger partial charge >= 0.3 is 5.97 Å². The Kier molecular flexibility index (Phi) is 6.88. The Morgan fingerprint density at radius 2 is 2.00 bits per heavy atom. The molecule has 0 bridgehead atoms. The number of hydrogen-bond donors (Lipinski definition) is 2. The second-order valence-corrected chi connectivity index (χ2v) is 6.31. The highest BCUT2D eigenvalue weighted by molar-refractivity contribution is 8.00. The number of thioether (sulfide) groups is 1. The van der Waals surface area contributed by atoms with Crippen LogP contribution in [0.2, 0.25) is 5.02 Å². The molecule has 6 heteroatoms. The van der Waals surface area contributed by atoms with E-state index >= 15 is 0 Å². The van der Waals surface area contributed by atoms with Gasteiger partial charge in [0.05, 0.1) is 10.7 Å². The molecule has 0 saturated carbocycles. The minimum absolute atomic E-state index is 0.0316. The number of carboxylic acid groups (broad SMARTS) is 1. The summed E-state index contributed by atoms with van der Waals surface area (Å²) < 4.78 is 0. The fraction of sp³-hybridized carbons (Fsp3) is 0.429. The van der Waals surface area contributed by atoms with Crippen LogP contribution >= 0.6 is 23.4 Å². The molecule has 1 unspecified atom stereocenters. The standard InChI is InChI=1S/C14H18ClNO3S/c1-9(2)13(14(18)19)20-8-7-12(17)16-11-6-4-3-5-10(11)15/h3-6,9,13H,7-8H2,1-2H3,(H,16,17)(H,18,19). The molecule has 110 valence electrons. The van der Waals surface area contributed by atoms with Gasteiger partial charge in [-0.1, -0.05) is 37.6 Å². The Balaban J connectivity index is 2.41. The van der Waals surface area contributed by atoms with Crippen LogP contribution in [0.25, 0.3) is 0 Å². The normalized spacial score (nSPS) is 12.2. The van der Waals surface area contributed by atoms with Gasteiger partial charge in [0, 0.05) is 12.2 Å². The average Bonchev–Trinajstić information content (AvgIpc) is 2.36. The Bertz CT molecular complexity index is 479. The Hall–Kier alpha value is -1.20. The Morgan fingerprint density at radius 3 is 2.55 bits per heavy atom. The maximum absolute atomic E-state index is 11.8. The van der Waals surface area contributed by atoms with Crippen molar-refractivity contribution < 1.29 is 14.7 Å². The summed E-state index contributed by atoms with van der Waals surface area (Å²) in [4.78, 5) is 22.8. The minimum atomic E-state index is -0.837. The van der Waals surface area contributed by atoms with Crippen LogP contribution in [0.3, 0.4) is 0 Å². The Morgan fingerprint density at radius 1 is 1.35 bits per heavy atom. The molecular weight excluding hydrogens is 298 g/mol. The first kappa shape index (κ1) is 16.9. The van der Waals surface area contributed by atoms with Crippen LogP contribution in [0.4, 0.5) is 5.69 Å². The lowest BCUT2D eigenvalue weighted by molar-refractivity contribution is -0.137. The van der Waals surface area contributed by atoms with Gasteiger partial charge in [-0.3, -0.25) is 9.59 Å². The maximum Gasteiger partial charge on any atom is 0.316 e. The number of para-hydroxylation sites is 1. The molecule has 1 aromatic rings. The van der Waals surface area contributed by atoms with Crippen molar-refractivity contribution in [3.63, 3.8) is 0 Å².